The van der Waals surface area contributed by atoms with E-state index in [9.17, 15) is 22.8 Å². The molecule has 1 saturated carbocycles. The molecule has 1 aromatic carbocycles. The fraction of sp³-hybridized carbons (Fsp3) is 0.429. The second-order valence-electron chi connectivity index (χ2n) is 7.62. The van der Waals surface area contributed by atoms with Gasteiger partial charge in [-0.2, -0.15) is 0 Å². The van der Waals surface area contributed by atoms with Crippen molar-refractivity contribution in [1.29, 1.82) is 0 Å². The molecule has 0 spiro atoms. The predicted octanol–water partition coefficient (Wildman–Crippen LogP) is 3.04. The Balaban J connectivity index is 1.73. The number of ketones is 2. The van der Waals surface area contributed by atoms with Crippen LogP contribution in [0.4, 0.5) is 0 Å². The van der Waals surface area contributed by atoms with E-state index in [0.29, 0.717) is 16.1 Å². The first-order valence-corrected chi connectivity index (χ1v) is 12.2. The lowest BCUT2D eigenvalue weighted by Crippen LogP contribution is -2.16. The summed E-state index contributed by atoms with van der Waals surface area (Å²) < 4.78 is 23.8. The second kappa shape index (κ2) is 9.18. The van der Waals surface area contributed by atoms with Crippen LogP contribution in [-0.4, -0.2) is 41.8 Å². The summed E-state index contributed by atoms with van der Waals surface area (Å²) in [5.74, 6) is -2.54. The molecule has 7 nitrogen and oxygen atoms in total. The maximum Gasteiger partial charge on any atom is 0.319 e. The molecule has 0 bridgehead atoms. The number of sulfone groups is 1. The Morgan fingerprint density at radius 1 is 1.17 bits per heavy atom. The first kappa shape index (κ1) is 22.3. The number of carboxylic acids is 1. The first-order chi connectivity index (χ1) is 14.2. The smallest absolute Gasteiger partial charge is 0.319 e. The van der Waals surface area contributed by atoms with Gasteiger partial charge in [-0.15, -0.1) is 11.3 Å². The number of hydrogen-bond donors (Lipinski definition) is 1. The van der Waals surface area contributed by atoms with E-state index in [-0.39, 0.29) is 34.5 Å². The summed E-state index contributed by atoms with van der Waals surface area (Å²) in [5.41, 5.74) is 2.23. The summed E-state index contributed by atoms with van der Waals surface area (Å²) in [4.78, 5) is 40.2. The highest BCUT2D eigenvalue weighted by atomic mass is 32.2. The first-order valence-electron chi connectivity index (χ1n) is 9.70. The van der Waals surface area contributed by atoms with Gasteiger partial charge in [0.15, 0.2) is 21.4 Å². The summed E-state index contributed by atoms with van der Waals surface area (Å²) in [6, 6.07) is 5.51. The van der Waals surface area contributed by atoms with Crippen LogP contribution in [0.25, 0.3) is 0 Å². The summed E-state index contributed by atoms with van der Waals surface area (Å²) in [6.07, 6.45) is 4.94. The summed E-state index contributed by atoms with van der Waals surface area (Å²) in [7, 11) is -3.97. The molecule has 0 saturated heterocycles. The van der Waals surface area contributed by atoms with E-state index in [1.807, 2.05) is 19.1 Å². The van der Waals surface area contributed by atoms with Crippen LogP contribution >= 0.6 is 11.3 Å². The van der Waals surface area contributed by atoms with Crippen LogP contribution in [0, 0.1) is 12.8 Å². The minimum Gasteiger partial charge on any atom is -0.480 e. The molecule has 1 aliphatic rings. The van der Waals surface area contributed by atoms with Crippen molar-refractivity contribution in [2.45, 2.75) is 49.7 Å². The van der Waals surface area contributed by atoms with E-state index in [4.69, 9.17) is 5.11 Å². The Kier molecular flexibility index (Phi) is 6.82. The van der Waals surface area contributed by atoms with Gasteiger partial charge in [-0.05, 0) is 31.4 Å². The maximum absolute atomic E-state index is 12.9. The molecule has 3 rings (SSSR count). The Labute approximate surface area is 179 Å². The van der Waals surface area contributed by atoms with E-state index >= 15 is 0 Å². The molecular weight excluding hydrogens is 426 g/mol. The highest BCUT2D eigenvalue weighted by Crippen LogP contribution is 2.30. The van der Waals surface area contributed by atoms with Gasteiger partial charge in [-0.25, -0.2) is 13.4 Å². The van der Waals surface area contributed by atoms with Gasteiger partial charge in [0.25, 0.3) is 0 Å². The van der Waals surface area contributed by atoms with Crippen LogP contribution in [0.5, 0.6) is 0 Å². The Bertz CT molecular complexity index is 1080. The molecule has 0 radical (unpaired) electrons. The van der Waals surface area contributed by atoms with Crippen molar-refractivity contribution >= 4 is 38.7 Å². The van der Waals surface area contributed by atoms with Crippen LogP contribution in [0.2, 0.25) is 0 Å². The van der Waals surface area contributed by atoms with Crippen molar-refractivity contribution in [3.63, 3.8) is 0 Å². The zero-order valence-corrected chi connectivity index (χ0v) is 18.2. The normalized spacial score (nSPS) is 14.7. The quantitative estimate of drug-likeness (QED) is 0.585. The number of benzene rings is 1. The van der Waals surface area contributed by atoms with Crippen LogP contribution in [0.15, 0.2) is 28.6 Å². The van der Waals surface area contributed by atoms with Crippen LogP contribution in [-0.2, 0) is 32.3 Å². The van der Waals surface area contributed by atoms with Crippen LogP contribution in [0.3, 0.4) is 0 Å². The Morgan fingerprint density at radius 2 is 1.87 bits per heavy atom. The number of carboxylic acid groups (broad SMARTS) is 1. The van der Waals surface area contributed by atoms with Gasteiger partial charge in [-0.1, -0.05) is 30.5 Å². The highest BCUT2D eigenvalue weighted by molar-refractivity contribution is 7.94. The molecule has 0 aliphatic heterocycles. The minimum atomic E-state index is -3.97. The number of aliphatic carboxylic acids is 1. The topological polar surface area (TPSA) is 118 Å². The third-order valence-electron chi connectivity index (χ3n) is 5.15. The fourth-order valence-corrected chi connectivity index (χ4v) is 6.01. The van der Waals surface area contributed by atoms with E-state index in [2.05, 4.69) is 4.98 Å². The highest BCUT2D eigenvalue weighted by Gasteiger charge is 2.26. The number of thiazole rings is 1. The van der Waals surface area contributed by atoms with Crippen molar-refractivity contribution in [1.82, 2.24) is 4.98 Å². The lowest BCUT2D eigenvalue weighted by Gasteiger charge is -2.13. The molecule has 160 valence electrons. The molecule has 9 heteroatoms. The average molecular weight is 450 g/mol. The van der Waals surface area contributed by atoms with Crippen molar-refractivity contribution in [3.8, 4) is 0 Å². The molecular formula is C21H23NO6S2. The van der Waals surface area contributed by atoms with Crippen molar-refractivity contribution in [2.24, 2.45) is 5.92 Å². The summed E-state index contributed by atoms with van der Waals surface area (Å²) in [5, 5.41) is 9.02. The maximum atomic E-state index is 12.9. The molecule has 1 fully saturated rings. The van der Waals surface area contributed by atoms with Gasteiger partial charge in [0.05, 0.1) is 12.6 Å². The number of carbonyl (C=O) groups is 3. The standard InChI is InChI=1S/C21H23NO6S2/c1-13-6-7-15(17(8-13)21(26)14-4-2-3-5-14)9-16(23)10-18-22-11-20(29-18)30(27,28)12-19(24)25/h6-8,11,14H,2-5,9-10,12H2,1H3,(H,24,25). The number of nitrogens with zero attached hydrogens (tertiary/aromatic N) is 1. The molecule has 0 unspecified atom stereocenters. The van der Waals surface area contributed by atoms with Crippen LogP contribution in [0.1, 0.15) is 52.2 Å². The van der Waals surface area contributed by atoms with Gasteiger partial charge in [-0.3, -0.25) is 14.4 Å². The van der Waals surface area contributed by atoms with Crippen molar-refractivity contribution in [3.05, 3.63) is 46.1 Å². The second-order valence-corrected chi connectivity index (χ2v) is 11.0. The van der Waals surface area contributed by atoms with Gasteiger partial charge >= 0.3 is 5.97 Å². The molecule has 1 heterocycles. The SMILES string of the molecule is Cc1ccc(CC(=O)Cc2ncc(S(=O)(=O)CC(=O)O)s2)c(C(=O)C2CCCC2)c1. The lowest BCUT2D eigenvalue weighted by molar-refractivity contribution is -0.134. The van der Waals surface area contributed by atoms with Crippen molar-refractivity contribution in [2.75, 3.05) is 5.75 Å². The van der Waals surface area contributed by atoms with Gasteiger partial charge in [0, 0.05) is 17.9 Å². The van der Waals surface area contributed by atoms with E-state index < -0.39 is 21.6 Å². The molecule has 1 N–H and O–H groups in total. The van der Waals surface area contributed by atoms with E-state index in [1.165, 1.54) is 0 Å². The summed E-state index contributed by atoms with van der Waals surface area (Å²) >= 11 is 0.804. The third-order valence-corrected chi connectivity index (χ3v) is 8.29. The molecule has 0 amide bonds. The molecule has 1 aromatic heterocycles. The third kappa shape index (κ3) is 5.40. The number of carbonyl (C=O) groups excluding carboxylic acids is 2. The lowest BCUT2D eigenvalue weighted by atomic mass is 9.90. The van der Waals surface area contributed by atoms with Crippen molar-refractivity contribution < 1.29 is 27.9 Å². The Morgan fingerprint density at radius 3 is 2.53 bits per heavy atom. The van der Waals surface area contributed by atoms with E-state index in [1.54, 1.807) is 6.07 Å². The monoisotopic (exact) mass is 449 g/mol. The number of aryl methyl sites for hydroxylation is 1. The molecule has 0 atom stereocenters. The number of rotatable bonds is 9. The van der Waals surface area contributed by atoms with Gasteiger partial charge in [0.1, 0.15) is 15.0 Å². The average Bonchev–Trinajstić information content (AvgIpc) is 3.33. The van der Waals surface area contributed by atoms with E-state index in [0.717, 1.165) is 48.8 Å². The number of aromatic nitrogens is 1. The Hall–Kier alpha value is -2.39. The summed E-state index contributed by atoms with van der Waals surface area (Å²) in [6.45, 7) is 1.91. The zero-order valence-electron chi connectivity index (χ0n) is 16.6. The fourth-order valence-electron chi connectivity index (χ4n) is 3.68. The van der Waals surface area contributed by atoms with Gasteiger partial charge in [0.2, 0.25) is 0 Å². The zero-order chi connectivity index (χ0) is 21.9. The minimum absolute atomic E-state index is 0.0154. The number of hydrogen-bond acceptors (Lipinski definition) is 7. The largest absolute Gasteiger partial charge is 0.480 e. The number of Topliss-reactive ketones (excluding diaryl/α,β-unsaturated/α-hetero) is 2. The van der Waals surface area contributed by atoms with Crippen LogP contribution < -0.4 is 0 Å². The molecule has 30 heavy (non-hydrogen) atoms. The molecule has 2 aromatic rings. The molecule has 1 aliphatic carbocycles. The predicted molar refractivity (Wildman–Crippen MR) is 112 cm³/mol. The van der Waals surface area contributed by atoms with Gasteiger partial charge < -0.3 is 5.11 Å².